The second kappa shape index (κ2) is 9.94. The van der Waals surface area contributed by atoms with Gasteiger partial charge in [0.1, 0.15) is 0 Å². The molecule has 0 aliphatic carbocycles. The Hall–Kier alpha value is -1.89. The Morgan fingerprint density at radius 2 is 1.41 bits per heavy atom. The predicted molar refractivity (Wildman–Crippen MR) is 98.8 cm³/mol. The van der Waals surface area contributed by atoms with Gasteiger partial charge in [-0.3, -0.25) is 4.99 Å². The van der Waals surface area contributed by atoms with Gasteiger partial charge in [-0.15, -0.1) is 0 Å². The molecule has 2 aromatic rings. The highest BCUT2D eigenvalue weighted by Crippen LogP contribution is 2.31. The number of nitrogens with zero attached hydrogens (tertiary/aromatic N) is 1. The molecule has 22 heavy (non-hydrogen) atoms. The summed E-state index contributed by atoms with van der Waals surface area (Å²) in [5.74, 6) is 0. The van der Waals surface area contributed by atoms with Crippen molar-refractivity contribution in [3.8, 4) is 0 Å². The van der Waals surface area contributed by atoms with Gasteiger partial charge in [0.25, 0.3) is 0 Å². The van der Waals surface area contributed by atoms with E-state index in [1.807, 2.05) is 27.7 Å². The van der Waals surface area contributed by atoms with Gasteiger partial charge in [0.05, 0.1) is 6.04 Å². The SMILES string of the molecule is CC.CC.Cc1ccccc1C1=NC(c2ccccc2)CC1. The third kappa shape index (κ3) is 4.56. The molecule has 3 rings (SSSR count). The molecule has 1 atom stereocenters. The summed E-state index contributed by atoms with van der Waals surface area (Å²) >= 11 is 0. The Labute approximate surface area is 136 Å². The number of hydrogen-bond donors (Lipinski definition) is 0. The molecule has 0 bridgehead atoms. The van der Waals surface area contributed by atoms with Gasteiger partial charge in [0, 0.05) is 5.71 Å². The van der Waals surface area contributed by atoms with Crippen LogP contribution in [0.5, 0.6) is 0 Å². The van der Waals surface area contributed by atoms with Crippen molar-refractivity contribution in [3.63, 3.8) is 0 Å². The zero-order valence-corrected chi connectivity index (χ0v) is 14.6. The molecule has 0 radical (unpaired) electrons. The van der Waals surface area contributed by atoms with E-state index in [0.29, 0.717) is 6.04 Å². The number of aryl methyl sites for hydroxylation is 1. The normalized spacial score (nSPS) is 15.9. The maximum Gasteiger partial charge on any atom is 0.0756 e. The van der Waals surface area contributed by atoms with E-state index >= 15 is 0 Å². The lowest BCUT2D eigenvalue weighted by atomic mass is 10.0. The maximum atomic E-state index is 4.91. The Morgan fingerprint density at radius 3 is 2.05 bits per heavy atom. The first kappa shape index (κ1) is 18.2. The fourth-order valence-electron chi connectivity index (χ4n) is 2.61. The average molecular weight is 295 g/mol. The summed E-state index contributed by atoms with van der Waals surface area (Å²) in [6.45, 7) is 10.2. The van der Waals surface area contributed by atoms with Crippen LogP contribution in [-0.4, -0.2) is 5.71 Å². The van der Waals surface area contributed by atoms with Crippen LogP contribution in [0.3, 0.4) is 0 Å². The number of aliphatic imine (C=N–C) groups is 1. The van der Waals surface area contributed by atoms with E-state index in [1.54, 1.807) is 0 Å². The van der Waals surface area contributed by atoms with Crippen molar-refractivity contribution >= 4 is 5.71 Å². The molecule has 1 aliphatic rings. The number of hydrogen-bond acceptors (Lipinski definition) is 1. The van der Waals surface area contributed by atoms with Crippen LogP contribution in [0.15, 0.2) is 59.6 Å². The zero-order valence-electron chi connectivity index (χ0n) is 14.6. The monoisotopic (exact) mass is 295 g/mol. The summed E-state index contributed by atoms with van der Waals surface area (Å²) < 4.78 is 0. The summed E-state index contributed by atoms with van der Waals surface area (Å²) in [6, 6.07) is 19.5. The van der Waals surface area contributed by atoms with E-state index in [0.717, 1.165) is 12.8 Å². The van der Waals surface area contributed by atoms with Crippen molar-refractivity contribution in [2.24, 2.45) is 4.99 Å². The maximum absolute atomic E-state index is 4.91. The van der Waals surface area contributed by atoms with Crippen LogP contribution in [0.25, 0.3) is 0 Å². The Bertz CT molecular complexity index is 569. The number of benzene rings is 2. The molecule has 1 heteroatoms. The first-order chi connectivity index (χ1) is 10.8. The second-order valence-corrected chi connectivity index (χ2v) is 4.86. The third-order valence-electron chi connectivity index (χ3n) is 3.61. The third-order valence-corrected chi connectivity index (χ3v) is 3.61. The molecule has 0 saturated carbocycles. The molecule has 1 nitrogen and oxygen atoms in total. The molecular formula is C21H29N. The highest BCUT2D eigenvalue weighted by Gasteiger charge is 2.20. The van der Waals surface area contributed by atoms with Gasteiger partial charge in [0.15, 0.2) is 0 Å². The van der Waals surface area contributed by atoms with Gasteiger partial charge < -0.3 is 0 Å². The van der Waals surface area contributed by atoms with Crippen LogP contribution in [0.2, 0.25) is 0 Å². The van der Waals surface area contributed by atoms with Crippen molar-refractivity contribution < 1.29 is 0 Å². The summed E-state index contributed by atoms with van der Waals surface area (Å²) in [5, 5.41) is 0. The van der Waals surface area contributed by atoms with E-state index in [-0.39, 0.29) is 0 Å². The molecule has 0 fully saturated rings. The first-order valence-electron chi connectivity index (χ1n) is 8.52. The fourth-order valence-corrected chi connectivity index (χ4v) is 2.61. The quantitative estimate of drug-likeness (QED) is 0.610. The van der Waals surface area contributed by atoms with E-state index < -0.39 is 0 Å². The van der Waals surface area contributed by atoms with Crippen LogP contribution in [-0.2, 0) is 0 Å². The topological polar surface area (TPSA) is 12.4 Å². The lowest BCUT2D eigenvalue weighted by Gasteiger charge is -2.06. The molecular weight excluding hydrogens is 266 g/mol. The van der Waals surface area contributed by atoms with E-state index in [4.69, 9.17) is 4.99 Å². The highest BCUT2D eigenvalue weighted by molar-refractivity contribution is 6.02. The van der Waals surface area contributed by atoms with Crippen molar-refractivity contribution in [2.45, 2.75) is 53.5 Å². The van der Waals surface area contributed by atoms with Crippen LogP contribution < -0.4 is 0 Å². The molecule has 0 spiro atoms. The van der Waals surface area contributed by atoms with Crippen LogP contribution in [0.1, 0.15) is 63.3 Å². The standard InChI is InChI=1S/C17H17N.2C2H6/c1-13-7-5-6-10-15(13)17-12-11-16(18-17)14-8-3-2-4-9-14;2*1-2/h2-10,16H,11-12H2,1H3;2*1-2H3. The summed E-state index contributed by atoms with van der Waals surface area (Å²) in [6.07, 6.45) is 2.22. The number of rotatable bonds is 2. The van der Waals surface area contributed by atoms with Crippen molar-refractivity contribution in [1.29, 1.82) is 0 Å². The van der Waals surface area contributed by atoms with Gasteiger partial charge in [-0.1, -0.05) is 82.3 Å². The minimum absolute atomic E-state index is 0.348. The predicted octanol–water partition coefficient (Wildman–Crippen LogP) is 6.37. The van der Waals surface area contributed by atoms with Gasteiger partial charge >= 0.3 is 0 Å². The average Bonchev–Trinajstić information content (AvgIpc) is 3.09. The van der Waals surface area contributed by atoms with Gasteiger partial charge in [-0.25, -0.2) is 0 Å². The lowest BCUT2D eigenvalue weighted by molar-refractivity contribution is 0.723. The van der Waals surface area contributed by atoms with Gasteiger partial charge in [0.2, 0.25) is 0 Å². The Kier molecular flexibility index (Phi) is 8.21. The first-order valence-corrected chi connectivity index (χ1v) is 8.52. The van der Waals surface area contributed by atoms with Gasteiger partial charge in [-0.2, -0.15) is 0 Å². The Balaban J connectivity index is 0.000000561. The molecule has 2 aromatic carbocycles. The van der Waals surface area contributed by atoms with Crippen LogP contribution >= 0.6 is 0 Å². The summed E-state index contributed by atoms with van der Waals surface area (Å²) in [7, 11) is 0. The molecule has 1 heterocycles. The van der Waals surface area contributed by atoms with Crippen molar-refractivity contribution in [1.82, 2.24) is 0 Å². The molecule has 0 saturated heterocycles. The zero-order chi connectivity index (χ0) is 16.4. The fraction of sp³-hybridized carbons (Fsp3) is 0.381. The second-order valence-electron chi connectivity index (χ2n) is 4.86. The van der Waals surface area contributed by atoms with Crippen molar-refractivity contribution in [3.05, 3.63) is 71.3 Å². The lowest BCUT2D eigenvalue weighted by Crippen LogP contribution is -1.98. The van der Waals surface area contributed by atoms with Crippen LogP contribution in [0.4, 0.5) is 0 Å². The van der Waals surface area contributed by atoms with Crippen LogP contribution in [0, 0.1) is 6.92 Å². The van der Waals surface area contributed by atoms with E-state index in [2.05, 4.69) is 61.5 Å². The molecule has 0 N–H and O–H groups in total. The highest BCUT2D eigenvalue weighted by atomic mass is 14.8. The molecule has 0 aromatic heterocycles. The van der Waals surface area contributed by atoms with Crippen molar-refractivity contribution in [2.75, 3.05) is 0 Å². The minimum Gasteiger partial charge on any atom is -0.281 e. The minimum atomic E-state index is 0.348. The Morgan fingerprint density at radius 1 is 0.818 bits per heavy atom. The van der Waals surface area contributed by atoms with E-state index in [9.17, 15) is 0 Å². The smallest absolute Gasteiger partial charge is 0.0756 e. The largest absolute Gasteiger partial charge is 0.281 e. The summed E-state index contributed by atoms with van der Waals surface area (Å²) in [4.78, 5) is 4.91. The molecule has 118 valence electrons. The van der Waals surface area contributed by atoms with E-state index in [1.165, 1.54) is 22.4 Å². The summed E-state index contributed by atoms with van der Waals surface area (Å²) in [5.41, 5.74) is 5.24. The molecule has 0 amide bonds. The van der Waals surface area contributed by atoms with Gasteiger partial charge in [-0.05, 0) is 36.5 Å². The molecule has 1 unspecified atom stereocenters. The molecule has 1 aliphatic heterocycles.